The van der Waals surface area contributed by atoms with Crippen LogP contribution in [0.1, 0.15) is 0 Å². The SMILES string of the molecule is [Au].[Au].[Ni].[Ni]. The van der Waals surface area contributed by atoms with Crippen molar-refractivity contribution in [1.82, 2.24) is 0 Å². The summed E-state index contributed by atoms with van der Waals surface area (Å²) in [6, 6.07) is 0. The fourth-order valence-electron chi connectivity index (χ4n) is 0. The molecule has 0 fully saturated rings. The number of hydrogen-bond donors (Lipinski definition) is 0. The average molecular weight is 511 g/mol. The van der Waals surface area contributed by atoms with E-state index in [2.05, 4.69) is 0 Å². The molecule has 42 valence electrons. The van der Waals surface area contributed by atoms with Crippen LogP contribution in [0.15, 0.2) is 0 Å². The van der Waals surface area contributed by atoms with Crippen molar-refractivity contribution < 1.29 is 77.7 Å². The van der Waals surface area contributed by atoms with Crippen LogP contribution >= 0.6 is 0 Å². The van der Waals surface area contributed by atoms with Crippen molar-refractivity contribution >= 4 is 0 Å². The maximum absolute atomic E-state index is 0. The number of rotatable bonds is 0. The molecule has 2 radical (unpaired) electrons. The molecule has 0 aromatic heterocycles. The molecule has 0 saturated carbocycles. The van der Waals surface area contributed by atoms with E-state index in [1.54, 1.807) is 0 Å². The van der Waals surface area contributed by atoms with Crippen LogP contribution in [0, 0.1) is 0 Å². The van der Waals surface area contributed by atoms with E-state index in [1.165, 1.54) is 0 Å². The zero-order chi connectivity index (χ0) is 0. The summed E-state index contributed by atoms with van der Waals surface area (Å²) in [7, 11) is 0. The fraction of sp³-hybridized carbons (Fsp3) is 0. The minimum Gasteiger partial charge on any atom is 0 e. The molecule has 0 unspecified atom stereocenters. The Hall–Kier alpha value is 2.47. The first kappa shape index (κ1) is 31.8. The van der Waals surface area contributed by atoms with Gasteiger partial charge in [0.25, 0.3) is 0 Å². The minimum atomic E-state index is 0. The molecule has 0 amide bonds. The molecule has 0 bridgehead atoms. The van der Waals surface area contributed by atoms with Crippen LogP contribution in [0.5, 0.6) is 0 Å². The van der Waals surface area contributed by atoms with E-state index in [9.17, 15) is 0 Å². The fourth-order valence-corrected chi connectivity index (χ4v) is 0. The molecule has 4 heteroatoms. The molecular formula is Au2Ni2. The molecule has 0 aromatic rings. The summed E-state index contributed by atoms with van der Waals surface area (Å²) >= 11 is 0. The normalized spacial score (nSPS) is 0. The average Bonchev–Trinajstić information content (AvgIpc) is 0. The maximum Gasteiger partial charge on any atom is 0 e. The molecule has 0 aliphatic carbocycles. The van der Waals surface area contributed by atoms with E-state index in [1.807, 2.05) is 0 Å². The Kier molecular flexibility index (Phi) is 142. The molecular weight excluding hydrogens is 511 g/mol. The van der Waals surface area contributed by atoms with E-state index in [4.69, 9.17) is 0 Å². The van der Waals surface area contributed by atoms with Crippen molar-refractivity contribution in [2.24, 2.45) is 0 Å². The largest absolute Gasteiger partial charge is 0 e. The van der Waals surface area contributed by atoms with E-state index < -0.39 is 0 Å². The molecule has 0 rings (SSSR count). The third-order valence-electron chi connectivity index (χ3n) is 0. The van der Waals surface area contributed by atoms with Crippen LogP contribution in [0.3, 0.4) is 0 Å². The van der Waals surface area contributed by atoms with Gasteiger partial charge in [-0.25, -0.2) is 0 Å². The van der Waals surface area contributed by atoms with Gasteiger partial charge in [-0.05, 0) is 0 Å². The van der Waals surface area contributed by atoms with E-state index in [-0.39, 0.29) is 77.7 Å². The van der Waals surface area contributed by atoms with Gasteiger partial charge in [-0.3, -0.25) is 0 Å². The van der Waals surface area contributed by atoms with Gasteiger partial charge in [0.2, 0.25) is 0 Å². The van der Waals surface area contributed by atoms with Crippen LogP contribution in [0.2, 0.25) is 0 Å². The van der Waals surface area contributed by atoms with Crippen molar-refractivity contribution in [2.45, 2.75) is 0 Å². The van der Waals surface area contributed by atoms with Gasteiger partial charge in [0.15, 0.2) is 0 Å². The van der Waals surface area contributed by atoms with Crippen LogP contribution < -0.4 is 0 Å². The summed E-state index contributed by atoms with van der Waals surface area (Å²) < 4.78 is 0. The zero-order valence-corrected chi connectivity index (χ0v) is 7.54. The van der Waals surface area contributed by atoms with Crippen LogP contribution in [-0.4, -0.2) is 0 Å². The topological polar surface area (TPSA) is 0 Å². The molecule has 0 heterocycles. The van der Waals surface area contributed by atoms with Crippen molar-refractivity contribution in [2.75, 3.05) is 0 Å². The van der Waals surface area contributed by atoms with Crippen molar-refractivity contribution in [3.8, 4) is 0 Å². The quantitative estimate of drug-likeness (QED) is 0.402. The summed E-state index contributed by atoms with van der Waals surface area (Å²) in [6.45, 7) is 0. The molecule has 0 atom stereocenters. The van der Waals surface area contributed by atoms with Gasteiger partial charge in [-0.15, -0.1) is 0 Å². The molecule has 0 spiro atoms. The third kappa shape index (κ3) is 8.82. The van der Waals surface area contributed by atoms with Gasteiger partial charge in [-0.1, -0.05) is 0 Å². The van der Waals surface area contributed by atoms with Crippen LogP contribution in [0.4, 0.5) is 0 Å². The molecule has 4 heavy (non-hydrogen) atoms. The molecule has 0 aliphatic rings. The maximum atomic E-state index is 0. The first-order valence-corrected chi connectivity index (χ1v) is 0. The Labute approximate surface area is 76.7 Å². The van der Waals surface area contributed by atoms with Crippen LogP contribution in [-0.2, 0) is 77.7 Å². The molecule has 0 nitrogen and oxygen atoms in total. The number of hydrogen-bond acceptors (Lipinski definition) is 0. The molecule has 0 saturated heterocycles. The first-order chi connectivity index (χ1) is 0. The first-order valence-electron chi connectivity index (χ1n) is 0. The monoisotopic (exact) mass is 510 g/mol. The van der Waals surface area contributed by atoms with Gasteiger partial charge in [-0.2, -0.15) is 0 Å². The van der Waals surface area contributed by atoms with Gasteiger partial charge in [0.1, 0.15) is 0 Å². The second kappa shape index (κ2) is 17.9. The third-order valence-corrected chi connectivity index (χ3v) is 0. The smallest absolute Gasteiger partial charge is 0 e. The Morgan fingerprint density at radius 2 is 0.500 bits per heavy atom. The zero-order valence-electron chi connectivity index (χ0n) is 1.24. The molecule has 0 N–H and O–H groups in total. The predicted octanol–water partition coefficient (Wildman–Crippen LogP) is -0.0100. The van der Waals surface area contributed by atoms with Gasteiger partial charge in [0, 0.05) is 77.7 Å². The van der Waals surface area contributed by atoms with Gasteiger partial charge >= 0.3 is 0 Å². The minimum absolute atomic E-state index is 0. The van der Waals surface area contributed by atoms with Gasteiger partial charge in [0.05, 0.1) is 0 Å². The molecule has 0 aromatic carbocycles. The summed E-state index contributed by atoms with van der Waals surface area (Å²) in [5.41, 5.74) is 0. The summed E-state index contributed by atoms with van der Waals surface area (Å²) in [5.74, 6) is 0. The van der Waals surface area contributed by atoms with Gasteiger partial charge < -0.3 is 0 Å². The van der Waals surface area contributed by atoms with E-state index in [0.29, 0.717) is 0 Å². The Balaban J connectivity index is 0. The predicted molar refractivity (Wildman–Crippen MR) is 0 cm³/mol. The van der Waals surface area contributed by atoms with E-state index in [0.717, 1.165) is 0 Å². The van der Waals surface area contributed by atoms with Crippen LogP contribution in [0.25, 0.3) is 0 Å². The second-order valence-electron chi connectivity index (χ2n) is 0. The summed E-state index contributed by atoms with van der Waals surface area (Å²) in [5, 5.41) is 0. The standard InChI is InChI=1S/2Au.2Ni. The van der Waals surface area contributed by atoms with Crippen molar-refractivity contribution in [3.63, 3.8) is 0 Å². The molecule has 0 aliphatic heterocycles. The second-order valence-corrected chi connectivity index (χ2v) is 0. The Bertz CT molecular complexity index is 4.00. The Morgan fingerprint density at radius 3 is 0.500 bits per heavy atom. The van der Waals surface area contributed by atoms with Crippen molar-refractivity contribution in [3.05, 3.63) is 0 Å². The summed E-state index contributed by atoms with van der Waals surface area (Å²) in [6.07, 6.45) is 0. The summed E-state index contributed by atoms with van der Waals surface area (Å²) in [4.78, 5) is 0. The van der Waals surface area contributed by atoms with Crippen molar-refractivity contribution in [1.29, 1.82) is 0 Å². The van der Waals surface area contributed by atoms with E-state index >= 15 is 0 Å². The Morgan fingerprint density at radius 1 is 0.500 bits per heavy atom.